The SMILES string of the molecule is COc1cc(C)c(S(=O)(=O)N(C)CCOCC(=O)N2CCC(CCN(C)C)(c3cccnc3)CC2)c(C)c1. The Bertz CT molecular complexity index is 1160. The lowest BCUT2D eigenvalue weighted by Gasteiger charge is -2.42. The Morgan fingerprint density at radius 1 is 1.11 bits per heavy atom. The number of nitrogens with zero attached hydrogens (tertiary/aromatic N) is 4. The molecule has 1 saturated heterocycles. The Morgan fingerprint density at radius 2 is 1.76 bits per heavy atom. The second kappa shape index (κ2) is 13.0. The molecule has 0 atom stereocenters. The predicted molar refractivity (Wildman–Crippen MR) is 148 cm³/mol. The van der Waals surface area contributed by atoms with E-state index >= 15 is 0 Å². The van der Waals surface area contributed by atoms with Crippen LogP contribution in [0.1, 0.15) is 36.0 Å². The van der Waals surface area contributed by atoms with Crippen LogP contribution in [0.25, 0.3) is 0 Å². The van der Waals surface area contributed by atoms with Crippen LogP contribution in [-0.4, -0.2) is 101 Å². The molecule has 2 heterocycles. The summed E-state index contributed by atoms with van der Waals surface area (Å²) < 4.78 is 38.5. The summed E-state index contributed by atoms with van der Waals surface area (Å²) in [5.74, 6) is 0.557. The van der Waals surface area contributed by atoms with Crippen LogP contribution in [0.15, 0.2) is 41.6 Å². The van der Waals surface area contributed by atoms with Crippen molar-refractivity contribution in [1.82, 2.24) is 19.1 Å². The van der Waals surface area contributed by atoms with Crippen LogP contribution in [0.5, 0.6) is 5.75 Å². The maximum atomic E-state index is 13.2. The van der Waals surface area contributed by atoms with Gasteiger partial charge in [-0.2, -0.15) is 4.31 Å². The third-order valence-corrected chi connectivity index (χ3v) is 9.66. The Morgan fingerprint density at radius 3 is 2.32 bits per heavy atom. The molecule has 1 aliphatic rings. The number of amides is 1. The average Bonchev–Trinajstić information content (AvgIpc) is 2.89. The molecule has 1 amide bonds. The lowest BCUT2D eigenvalue weighted by atomic mass is 9.71. The van der Waals surface area contributed by atoms with Crippen molar-refractivity contribution in [3.05, 3.63) is 53.3 Å². The number of benzene rings is 1. The second-order valence-electron chi connectivity index (χ2n) is 10.4. The van der Waals surface area contributed by atoms with Crippen molar-refractivity contribution in [3.63, 3.8) is 0 Å². The summed E-state index contributed by atoms with van der Waals surface area (Å²) in [7, 11) is 3.54. The van der Waals surface area contributed by atoms with E-state index in [0.29, 0.717) is 30.0 Å². The zero-order chi connectivity index (χ0) is 27.9. The number of hydrogen-bond donors (Lipinski definition) is 0. The van der Waals surface area contributed by atoms with Gasteiger partial charge in [-0.15, -0.1) is 0 Å². The van der Waals surface area contributed by atoms with Gasteiger partial charge in [0, 0.05) is 44.5 Å². The number of likely N-dealkylation sites (tertiary alicyclic amines) is 1. The van der Waals surface area contributed by atoms with Crippen molar-refractivity contribution in [2.45, 2.75) is 43.4 Å². The van der Waals surface area contributed by atoms with E-state index in [9.17, 15) is 13.2 Å². The monoisotopic (exact) mass is 546 g/mol. The van der Waals surface area contributed by atoms with Crippen LogP contribution in [0.2, 0.25) is 0 Å². The quantitative estimate of drug-likeness (QED) is 0.378. The van der Waals surface area contributed by atoms with Gasteiger partial charge in [0.05, 0.1) is 18.6 Å². The summed E-state index contributed by atoms with van der Waals surface area (Å²) in [6.45, 7) is 6.02. The summed E-state index contributed by atoms with van der Waals surface area (Å²) in [6, 6.07) is 7.55. The van der Waals surface area contributed by atoms with E-state index < -0.39 is 10.0 Å². The fourth-order valence-corrected chi connectivity index (χ4v) is 6.69. The molecule has 0 saturated carbocycles. The molecule has 3 rings (SSSR count). The highest BCUT2D eigenvalue weighted by atomic mass is 32.2. The van der Waals surface area contributed by atoms with E-state index in [-0.39, 0.29) is 36.0 Å². The third-order valence-electron chi connectivity index (χ3n) is 7.50. The molecule has 2 aromatic rings. The number of pyridine rings is 1. The molecule has 10 heteroatoms. The molecule has 0 radical (unpaired) electrons. The van der Waals surface area contributed by atoms with Gasteiger partial charge in [0.15, 0.2) is 0 Å². The minimum absolute atomic E-state index is 0.00492. The van der Waals surface area contributed by atoms with Gasteiger partial charge >= 0.3 is 0 Å². The average molecular weight is 547 g/mol. The highest BCUT2D eigenvalue weighted by Crippen LogP contribution is 2.38. The maximum absolute atomic E-state index is 13.2. The van der Waals surface area contributed by atoms with Crippen LogP contribution in [0.4, 0.5) is 0 Å². The highest BCUT2D eigenvalue weighted by molar-refractivity contribution is 7.89. The number of ether oxygens (including phenoxy) is 2. The van der Waals surface area contributed by atoms with Gasteiger partial charge < -0.3 is 19.3 Å². The standard InChI is InChI=1S/C28H42N4O5S/c1-22-18-25(36-6)19-23(2)27(22)38(34,35)31(5)16-17-37-21-26(33)32-14-10-28(11-15-32,9-13-30(3)4)24-8-7-12-29-20-24/h7-8,12,18-20H,9-11,13-17,21H2,1-6H3. The Kier molecular flexibility index (Phi) is 10.3. The first-order valence-electron chi connectivity index (χ1n) is 13.0. The molecule has 1 fully saturated rings. The molecule has 1 aromatic carbocycles. The molecule has 0 aliphatic carbocycles. The van der Waals surface area contributed by atoms with E-state index in [0.717, 1.165) is 25.8 Å². The van der Waals surface area contributed by atoms with Crippen molar-refractivity contribution < 1.29 is 22.7 Å². The number of carbonyl (C=O) groups excluding carboxylic acids is 1. The number of methoxy groups -OCH3 is 1. The van der Waals surface area contributed by atoms with Crippen LogP contribution in [-0.2, 0) is 25.0 Å². The molecule has 0 N–H and O–H groups in total. The van der Waals surface area contributed by atoms with Gasteiger partial charge in [-0.05, 0) is 88.6 Å². The van der Waals surface area contributed by atoms with Crippen LogP contribution >= 0.6 is 0 Å². The molecule has 0 unspecified atom stereocenters. The summed E-state index contributed by atoms with van der Waals surface area (Å²) >= 11 is 0. The number of aromatic nitrogens is 1. The predicted octanol–water partition coefficient (Wildman–Crippen LogP) is 2.86. The number of carbonyl (C=O) groups is 1. The van der Waals surface area contributed by atoms with Crippen molar-refractivity contribution in [2.75, 3.05) is 67.6 Å². The summed E-state index contributed by atoms with van der Waals surface area (Å²) in [5.41, 5.74) is 2.49. The molecule has 0 spiro atoms. The first-order valence-corrected chi connectivity index (χ1v) is 14.5. The zero-order valence-electron chi connectivity index (χ0n) is 23.6. The molecule has 210 valence electrons. The molecule has 0 bridgehead atoms. The molecular weight excluding hydrogens is 504 g/mol. The largest absolute Gasteiger partial charge is 0.497 e. The normalized spacial score (nSPS) is 15.7. The van der Waals surface area contributed by atoms with Gasteiger partial charge in [-0.1, -0.05) is 6.07 Å². The highest BCUT2D eigenvalue weighted by Gasteiger charge is 2.37. The lowest BCUT2D eigenvalue weighted by Crippen LogP contribution is -2.47. The second-order valence-corrected chi connectivity index (χ2v) is 12.4. The molecule has 38 heavy (non-hydrogen) atoms. The smallest absolute Gasteiger partial charge is 0.248 e. The Labute approximate surface area is 227 Å². The first kappa shape index (κ1) is 30.0. The van der Waals surface area contributed by atoms with E-state index in [1.807, 2.05) is 17.2 Å². The van der Waals surface area contributed by atoms with Gasteiger partial charge in [-0.3, -0.25) is 9.78 Å². The number of piperidine rings is 1. The third kappa shape index (κ3) is 7.11. The maximum Gasteiger partial charge on any atom is 0.248 e. The number of likely N-dealkylation sites (N-methyl/N-ethyl adjacent to an activating group) is 1. The lowest BCUT2D eigenvalue weighted by molar-refractivity contribution is -0.137. The molecule has 1 aromatic heterocycles. The van der Waals surface area contributed by atoms with Crippen molar-refractivity contribution in [2.24, 2.45) is 0 Å². The molecule has 9 nitrogen and oxygen atoms in total. The summed E-state index contributed by atoms with van der Waals surface area (Å²) in [4.78, 5) is 21.5. The molecular formula is C28H42N4O5S. The first-order chi connectivity index (χ1) is 18.0. The van der Waals surface area contributed by atoms with Gasteiger partial charge in [0.25, 0.3) is 0 Å². The Hall–Kier alpha value is -2.53. The number of hydrogen-bond acceptors (Lipinski definition) is 7. The van der Waals surface area contributed by atoms with Gasteiger partial charge in [-0.25, -0.2) is 8.42 Å². The van der Waals surface area contributed by atoms with E-state index in [4.69, 9.17) is 9.47 Å². The van der Waals surface area contributed by atoms with E-state index in [2.05, 4.69) is 30.0 Å². The van der Waals surface area contributed by atoms with Crippen LogP contribution in [0.3, 0.4) is 0 Å². The number of sulfonamides is 1. The Balaban J connectivity index is 1.51. The van der Waals surface area contributed by atoms with E-state index in [1.165, 1.54) is 16.9 Å². The fourth-order valence-electron chi connectivity index (χ4n) is 5.14. The minimum Gasteiger partial charge on any atom is -0.497 e. The summed E-state index contributed by atoms with van der Waals surface area (Å²) in [5, 5.41) is 0. The van der Waals surface area contributed by atoms with Gasteiger partial charge in [0.1, 0.15) is 12.4 Å². The topological polar surface area (TPSA) is 92.3 Å². The van der Waals surface area contributed by atoms with Crippen molar-refractivity contribution in [3.8, 4) is 5.75 Å². The van der Waals surface area contributed by atoms with Crippen molar-refractivity contribution >= 4 is 15.9 Å². The van der Waals surface area contributed by atoms with Crippen LogP contribution in [0, 0.1) is 13.8 Å². The number of aryl methyl sites for hydroxylation is 2. The zero-order valence-corrected chi connectivity index (χ0v) is 24.4. The van der Waals surface area contributed by atoms with Gasteiger partial charge in [0.2, 0.25) is 15.9 Å². The molecule has 1 aliphatic heterocycles. The summed E-state index contributed by atoms with van der Waals surface area (Å²) in [6.07, 6.45) is 6.51. The van der Waals surface area contributed by atoms with E-state index in [1.54, 1.807) is 39.3 Å². The minimum atomic E-state index is -3.70. The fraction of sp³-hybridized carbons (Fsp3) is 0.571. The number of rotatable bonds is 12. The van der Waals surface area contributed by atoms with Crippen LogP contribution < -0.4 is 4.74 Å². The van der Waals surface area contributed by atoms with Crippen molar-refractivity contribution in [1.29, 1.82) is 0 Å².